The number of anilines is 3. The molecule has 1 saturated heterocycles. The van der Waals surface area contributed by atoms with Gasteiger partial charge in [-0.05, 0) is 42.5 Å². The summed E-state index contributed by atoms with van der Waals surface area (Å²) in [5.41, 5.74) is 0.899. The number of benzene rings is 2. The third kappa shape index (κ3) is 5.91. The Bertz CT molecular complexity index is 883. The summed E-state index contributed by atoms with van der Waals surface area (Å²) in [6.07, 6.45) is 1.75. The van der Waals surface area contributed by atoms with E-state index in [1.165, 1.54) is 0 Å². The van der Waals surface area contributed by atoms with Crippen LogP contribution in [0.3, 0.4) is 0 Å². The van der Waals surface area contributed by atoms with Gasteiger partial charge in [0.1, 0.15) is 17.3 Å². The van der Waals surface area contributed by atoms with Crippen molar-refractivity contribution in [1.29, 1.82) is 0 Å². The van der Waals surface area contributed by atoms with Crippen molar-refractivity contribution in [2.24, 2.45) is 0 Å². The Hall–Kier alpha value is -3.16. The zero-order chi connectivity index (χ0) is 19.7. The van der Waals surface area contributed by atoms with Gasteiger partial charge in [0.25, 0.3) is 0 Å². The number of hydrogen-bond acceptors (Lipinski definition) is 7. The van der Waals surface area contributed by atoms with Gasteiger partial charge < -0.3 is 20.1 Å². The molecule has 0 saturated carbocycles. The third-order valence-corrected chi connectivity index (χ3v) is 4.58. The molecular weight excluding hydrogens is 366 g/mol. The van der Waals surface area contributed by atoms with E-state index in [0.717, 1.165) is 62.4 Å². The summed E-state index contributed by atoms with van der Waals surface area (Å²) >= 11 is 0. The average Bonchev–Trinajstić information content (AvgIpc) is 2.77. The van der Waals surface area contributed by atoms with Crippen molar-refractivity contribution in [2.45, 2.75) is 0 Å². The predicted molar refractivity (Wildman–Crippen MR) is 114 cm³/mol. The second-order valence-corrected chi connectivity index (χ2v) is 6.71. The Balaban J connectivity index is 1.29. The molecule has 2 aromatic carbocycles. The minimum Gasteiger partial charge on any atom is -0.457 e. The first-order valence-corrected chi connectivity index (χ1v) is 9.82. The summed E-state index contributed by atoms with van der Waals surface area (Å²) < 4.78 is 11.2. The number of nitrogens with zero attached hydrogens (tertiary/aromatic N) is 3. The Morgan fingerprint density at radius 3 is 2.48 bits per heavy atom. The largest absolute Gasteiger partial charge is 0.457 e. The molecule has 3 aromatic rings. The summed E-state index contributed by atoms with van der Waals surface area (Å²) in [6, 6.07) is 19.3. The van der Waals surface area contributed by atoms with Crippen LogP contribution in [-0.4, -0.2) is 54.3 Å². The summed E-state index contributed by atoms with van der Waals surface area (Å²) in [7, 11) is 0. The standard InChI is InChI=1S/C22H25N5O2/c1-2-4-19(5-3-1)29-20-8-6-18(7-9-20)25-22-24-11-10-21(26-22)23-12-13-27-14-16-28-17-15-27/h1-11H,12-17H2,(H2,23,24,25,26). The molecule has 7 heteroatoms. The highest BCUT2D eigenvalue weighted by molar-refractivity contribution is 5.56. The van der Waals surface area contributed by atoms with E-state index in [2.05, 4.69) is 25.5 Å². The van der Waals surface area contributed by atoms with Gasteiger partial charge >= 0.3 is 0 Å². The van der Waals surface area contributed by atoms with Gasteiger partial charge in [0.2, 0.25) is 5.95 Å². The predicted octanol–water partition coefficient (Wildman–Crippen LogP) is 3.76. The Kier molecular flexibility index (Phi) is 6.52. The third-order valence-electron chi connectivity index (χ3n) is 4.58. The number of morpholine rings is 1. The normalized spacial score (nSPS) is 14.3. The van der Waals surface area contributed by atoms with E-state index < -0.39 is 0 Å². The van der Waals surface area contributed by atoms with Gasteiger partial charge in [0, 0.05) is 38.1 Å². The molecule has 1 fully saturated rings. The van der Waals surface area contributed by atoms with Crippen LogP contribution in [0.2, 0.25) is 0 Å². The van der Waals surface area contributed by atoms with Crippen molar-refractivity contribution in [3.05, 3.63) is 66.9 Å². The minimum atomic E-state index is 0.554. The van der Waals surface area contributed by atoms with Crippen LogP contribution >= 0.6 is 0 Å². The number of hydrogen-bond donors (Lipinski definition) is 2. The highest BCUT2D eigenvalue weighted by Gasteiger charge is 2.09. The molecule has 1 aliphatic heterocycles. The van der Waals surface area contributed by atoms with Gasteiger partial charge in [-0.1, -0.05) is 18.2 Å². The van der Waals surface area contributed by atoms with E-state index >= 15 is 0 Å². The lowest BCUT2D eigenvalue weighted by molar-refractivity contribution is 0.0398. The van der Waals surface area contributed by atoms with Crippen LogP contribution < -0.4 is 15.4 Å². The average molecular weight is 391 g/mol. The van der Waals surface area contributed by atoms with E-state index in [0.29, 0.717) is 5.95 Å². The van der Waals surface area contributed by atoms with Gasteiger partial charge in [-0.3, -0.25) is 4.90 Å². The molecule has 4 rings (SSSR count). The zero-order valence-corrected chi connectivity index (χ0v) is 16.3. The maximum atomic E-state index is 5.82. The van der Waals surface area contributed by atoms with E-state index in [-0.39, 0.29) is 0 Å². The van der Waals surface area contributed by atoms with Gasteiger partial charge in [0.05, 0.1) is 13.2 Å². The molecule has 0 amide bonds. The van der Waals surface area contributed by atoms with E-state index in [9.17, 15) is 0 Å². The molecule has 2 heterocycles. The first kappa shape index (κ1) is 19.2. The number of aromatic nitrogens is 2. The lowest BCUT2D eigenvalue weighted by atomic mass is 10.3. The SMILES string of the molecule is c1ccc(Oc2ccc(Nc3nccc(NCCN4CCOCC4)n3)cc2)cc1. The van der Waals surface area contributed by atoms with Gasteiger partial charge in [-0.25, -0.2) is 4.98 Å². The summed E-state index contributed by atoms with van der Waals surface area (Å²) in [4.78, 5) is 11.2. The Labute approximate surface area is 170 Å². The molecule has 0 radical (unpaired) electrons. The monoisotopic (exact) mass is 391 g/mol. The Morgan fingerprint density at radius 2 is 1.69 bits per heavy atom. The minimum absolute atomic E-state index is 0.554. The van der Waals surface area contributed by atoms with Gasteiger partial charge in [-0.2, -0.15) is 4.98 Å². The Morgan fingerprint density at radius 1 is 0.931 bits per heavy atom. The molecule has 1 aromatic heterocycles. The van der Waals surface area contributed by atoms with Crippen LogP contribution in [0, 0.1) is 0 Å². The van der Waals surface area contributed by atoms with Crippen LogP contribution in [0.1, 0.15) is 0 Å². The molecule has 0 bridgehead atoms. The molecule has 7 nitrogen and oxygen atoms in total. The summed E-state index contributed by atoms with van der Waals surface area (Å²) in [6.45, 7) is 5.42. The molecule has 150 valence electrons. The maximum absolute atomic E-state index is 5.82. The quantitative estimate of drug-likeness (QED) is 0.606. The maximum Gasteiger partial charge on any atom is 0.229 e. The lowest BCUT2D eigenvalue weighted by Gasteiger charge is -2.26. The number of rotatable bonds is 8. The van der Waals surface area contributed by atoms with Crippen LogP contribution in [0.15, 0.2) is 66.9 Å². The summed E-state index contributed by atoms with van der Waals surface area (Å²) in [5.74, 6) is 2.95. The van der Waals surface area contributed by atoms with E-state index in [4.69, 9.17) is 9.47 Å². The van der Waals surface area contributed by atoms with Crippen LogP contribution in [0.5, 0.6) is 11.5 Å². The highest BCUT2D eigenvalue weighted by Crippen LogP contribution is 2.23. The number of para-hydroxylation sites is 1. The van der Waals surface area contributed by atoms with Gasteiger partial charge in [-0.15, -0.1) is 0 Å². The van der Waals surface area contributed by atoms with Gasteiger partial charge in [0.15, 0.2) is 0 Å². The first-order chi connectivity index (χ1) is 14.3. The second kappa shape index (κ2) is 9.86. The van der Waals surface area contributed by atoms with E-state index in [1.807, 2.05) is 60.7 Å². The van der Waals surface area contributed by atoms with Crippen LogP contribution in [0.4, 0.5) is 17.5 Å². The molecule has 0 unspecified atom stereocenters. The van der Waals surface area contributed by atoms with Crippen LogP contribution in [-0.2, 0) is 4.74 Å². The van der Waals surface area contributed by atoms with Crippen molar-refractivity contribution in [3.63, 3.8) is 0 Å². The highest BCUT2D eigenvalue weighted by atomic mass is 16.5. The molecule has 29 heavy (non-hydrogen) atoms. The fourth-order valence-corrected chi connectivity index (χ4v) is 3.04. The molecular formula is C22H25N5O2. The van der Waals surface area contributed by atoms with Crippen LogP contribution in [0.25, 0.3) is 0 Å². The number of nitrogens with one attached hydrogen (secondary N) is 2. The fraction of sp³-hybridized carbons (Fsp3) is 0.273. The topological polar surface area (TPSA) is 71.5 Å². The molecule has 2 N–H and O–H groups in total. The van der Waals surface area contributed by atoms with Crippen molar-refractivity contribution >= 4 is 17.5 Å². The fourth-order valence-electron chi connectivity index (χ4n) is 3.04. The smallest absolute Gasteiger partial charge is 0.229 e. The molecule has 1 aliphatic rings. The molecule has 0 aliphatic carbocycles. The zero-order valence-electron chi connectivity index (χ0n) is 16.3. The van der Waals surface area contributed by atoms with Crippen molar-refractivity contribution in [1.82, 2.24) is 14.9 Å². The number of ether oxygens (including phenoxy) is 2. The van der Waals surface area contributed by atoms with Crippen molar-refractivity contribution in [3.8, 4) is 11.5 Å². The lowest BCUT2D eigenvalue weighted by Crippen LogP contribution is -2.39. The summed E-state index contributed by atoms with van der Waals surface area (Å²) in [5, 5.41) is 6.59. The molecule has 0 spiro atoms. The van der Waals surface area contributed by atoms with E-state index in [1.54, 1.807) is 6.20 Å². The first-order valence-electron chi connectivity index (χ1n) is 9.82. The van der Waals surface area contributed by atoms with Crippen molar-refractivity contribution < 1.29 is 9.47 Å². The molecule has 0 atom stereocenters. The second-order valence-electron chi connectivity index (χ2n) is 6.71. The van der Waals surface area contributed by atoms with Crippen molar-refractivity contribution in [2.75, 3.05) is 50.0 Å².